The minimum absolute atomic E-state index is 0.814. The van der Waals surface area contributed by atoms with Crippen molar-refractivity contribution in [1.82, 2.24) is 15.2 Å². The number of aromatic nitrogens is 3. The molecule has 0 aliphatic heterocycles. The fourth-order valence-corrected chi connectivity index (χ4v) is 1.23. The van der Waals surface area contributed by atoms with Crippen molar-refractivity contribution in [3.63, 3.8) is 0 Å². The molecule has 2 aromatic heterocycles. The van der Waals surface area contributed by atoms with Gasteiger partial charge in [-0.2, -0.15) is 5.10 Å². The fraction of sp³-hybridized carbons (Fsp3) is 0. The number of nitrogens with zero attached hydrogens (tertiary/aromatic N) is 2. The van der Waals surface area contributed by atoms with Crippen LogP contribution in [0, 0.1) is 0 Å². The van der Waals surface area contributed by atoms with Crippen LogP contribution in [0.2, 0.25) is 0 Å². The van der Waals surface area contributed by atoms with E-state index in [9.17, 15) is 0 Å². The van der Waals surface area contributed by atoms with Gasteiger partial charge in [0.2, 0.25) is 0 Å². The predicted molar refractivity (Wildman–Crippen MR) is 41.6 cm³/mol. The van der Waals surface area contributed by atoms with Gasteiger partial charge in [0, 0.05) is 10.7 Å². The first-order valence-electron chi connectivity index (χ1n) is 2.81. The van der Waals surface area contributed by atoms with Gasteiger partial charge in [-0.3, -0.25) is 5.10 Å². The Bertz CT molecular complexity index is 355. The molecule has 1 N–H and O–H groups in total. The maximum absolute atomic E-state index is 4.05. The molecule has 0 aliphatic rings. The number of rotatable bonds is 0. The number of hydrogen-bond donors (Lipinski definition) is 1. The third-order valence-corrected chi connectivity index (χ3v) is 1.99. The molecular weight excluding hydrogens is 194 g/mol. The molecule has 0 spiro atoms. The molecule has 0 radical (unpaired) electrons. The Kier molecular flexibility index (Phi) is 1.20. The van der Waals surface area contributed by atoms with E-state index < -0.39 is 0 Å². The van der Waals surface area contributed by atoms with E-state index in [-0.39, 0.29) is 0 Å². The lowest BCUT2D eigenvalue weighted by molar-refractivity contribution is 1.10. The van der Waals surface area contributed by atoms with Crippen molar-refractivity contribution in [3.05, 3.63) is 22.9 Å². The van der Waals surface area contributed by atoms with E-state index >= 15 is 0 Å². The molecule has 10 heavy (non-hydrogen) atoms. The molecule has 0 aromatic carbocycles. The summed E-state index contributed by atoms with van der Waals surface area (Å²) in [6.07, 6.45) is 3.47. The Morgan fingerprint density at radius 3 is 3.20 bits per heavy atom. The number of halogens is 1. The third kappa shape index (κ3) is 0.724. The smallest absolute Gasteiger partial charge is 0.156 e. The standard InChI is InChI=1S/C6H4BrN3/c7-5-1-2-8-6-4(5)3-9-10-6/h1-3H,(H,8,9,10). The van der Waals surface area contributed by atoms with E-state index in [0.29, 0.717) is 0 Å². The summed E-state index contributed by atoms with van der Waals surface area (Å²) in [5, 5.41) is 7.63. The Morgan fingerprint density at radius 1 is 1.50 bits per heavy atom. The Balaban J connectivity index is 2.95. The summed E-state index contributed by atoms with van der Waals surface area (Å²) in [5.74, 6) is 0. The van der Waals surface area contributed by atoms with Crippen LogP contribution in [0.25, 0.3) is 11.0 Å². The van der Waals surface area contributed by atoms with E-state index in [1.807, 2.05) is 6.07 Å². The number of nitrogens with one attached hydrogen (secondary N) is 1. The number of pyridine rings is 1. The van der Waals surface area contributed by atoms with Crippen LogP contribution >= 0.6 is 15.9 Å². The second kappa shape index (κ2) is 2.05. The van der Waals surface area contributed by atoms with E-state index in [1.165, 1.54) is 0 Å². The van der Waals surface area contributed by atoms with Crippen LogP contribution in [0.1, 0.15) is 0 Å². The summed E-state index contributed by atoms with van der Waals surface area (Å²) >= 11 is 3.38. The summed E-state index contributed by atoms with van der Waals surface area (Å²) in [6.45, 7) is 0. The Morgan fingerprint density at radius 2 is 2.40 bits per heavy atom. The first kappa shape index (κ1) is 5.85. The molecule has 0 unspecified atom stereocenters. The van der Waals surface area contributed by atoms with Crippen molar-refractivity contribution in [2.45, 2.75) is 0 Å². The van der Waals surface area contributed by atoms with Crippen LogP contribution in [0.15, 0.2) is 22.9 Å². The monoisotopic (exact) mass is 197 g/mol. The van der Waals surface area contributed by atoms with Gasteiger partial charge in [-0.15, -0.1) is 0 Å². The SMILES string of the molecule is Brc1ccnc2[nH]ncc12. The first-order valence-corrected chi connectivity index (χ1v) is 3.61. The lowest BCUT2D eigenvalue weighted by Crippen LogP contribution is -1.74. The highest BCUT2D eigenvalue weighted by atomic mass is 79.9. The van der Waals surface area contributed by atoms with Gasteiger partial charge in [0.1, 0.15) is 0 Å². The van der Waals surface area contributed by atoms with Crippen molar-refractivity contribution in [1.29, 1.82) is 0 Å². The average molecular weight is 198 g/mol. The van der Waals surface area contributed by atoms with Gasteiger partial charge >= 0.3 is 0 Å². The van der Waals surface area contributed by atoms with Crippen molar-refractivity contribution < 1.29 is 0 Å². The van der Waals surface area contributed by atoms with Gasteiger partial charge in [-0.25, -0.2) is 4.98 Å². The highest BCUT2D eigenvalue weighted by Crippen LogP contribution is 2.18. The van der Waals surface area contributed by atoms with E-state index in [0.717, 1.165) is 15.5 Å². The third-order valence-electron chi connectivity index (χ3n) is 1.30. The van der Waals surface area contributed by atoms with Crippen LogP contribution in [0.3, 0.4) is 0 Å². The molecule has 0 amide bonds. The lowest BCUT2D eigenvalue weighted by atomic mass is 10.4. The highest BCUT2D eigenvalue weighted by Gasteiger charge is 1.97. The van der Waals surface area contributed by atoms with Gasteiger partial charge in [0.05, 0.1) is 11.6 Å². The number of H-pyrrole nitrogens is 1. The first-order chi connectivity index (χ1) is 4.88. The van der Waals surface area contributed by atoms with Crippen molar-refractivity contribution >= 4 is 27.0 Å². The average Bonchev–Trinajstić information content (AvgIpc) is 2.36. The topological polar surface area (TPSA) is 41.6 Å². The highest BCUT2D eigenvalue weighted by molar-refractivity contribution is 9.10. The van der Waals surface area contributed by atoms with Crippen LogP contribution < -0.4 is 0 Å². The molecule has 0 fully saturated rings. The molecule has 0 bridgehead atoms. The second-order valence-electron chi connectivity index (χ2n) is 1.93. The molecular formula is C6H4BrN3. The van der Waals surface area contributed by atoms with Crippen LogP contribution in [-0.4, -0.2) is 15.2 Å². The molecule has 0 aliphatic carbocycles. The Hall–Kier alpha value is -0.900. The summed E-state index contributed by atoms with van der Waals surface area (Å²) < 4.78 is 1.02. The number of aromatic amines is 1. The molecule has 3 nitrogen and oxygen atoms in total. The predicted octanol–water partition coefficient (Wildman–Crippen LogP) is 1.72. The van der Waals surface area contributed by atoms with Gasteiger partial charge in [-0.05, 0) is 22.0 Å². The zero-order chi connectivity index (χ0) is 6.97. The van der Waals surface area contributed by atoms with Crippen LogP contribution in [0.5, 0.6) is 0 Å². The maximum atomic E-state index is 4.05. The maximum Gasteiger partial charge on any atom is 0.156 e. The van der Waals surface area contributed by atoms with Crippen molar-refractivity contribution in [3.8, 4) is 0 Å². The molecule has 50 valence electrons. The van der Waals surface area contributed by atoms with Crippen molar-refractivity contribution in [2.24, 2.45) is 0 Å². The number of hydrogen-bond acceptors (Lipinski definition) is 2. The zero-order valence-corrected chi connectivity index (χ0v) is 6.59. The molecule has 0 saturated heterocycles. The normalized spacial score (nSPS) is 10.5. The molecule has 2 aromatic rings. The van der Waals surface area contributed by atoms with Gasteiger partial charge < -0.3 is 0 Å². The Labute approximate surface area is 65.6 Å². The lowest BCUT2D eigenvalue weighted by Gasteiger charge is -1.88. The molecule has 2 heterocycles. The van der Waals surface area contributed by atoms with E-state index in [2.05, 4.69) is 31.1 Å². The fourth-order valence-electron chi connectivity index (χ4n) is 0.820. The molecule has 0 atom stereocenters. The summed E-state index contributed by atoms with van der Waals surface area (Å²) in [4.78, 5) is 4.05. The van der Waals surface area contributed by atoms with Crippen LogP contribution in [-0.2, 0) is 0 Å². The van der Waals surface area contributed by atoms with Crippen LogP contribution in [0.4, 0.5) is 0 Å². The van der Waals surface area contributed by atoms with E-state index in [1.54, 1.807) is 12.4 Å². The molecule has 0 saturated carbocycles. The summed E-state index contributed by atoms with van der Waals surface area (Å²) in [6, 6.07) is 1.89. The van der Waals surface area contributed by atoms with Gasteiger partial charge in [0.15, 0.2) is 5.65 Å². The minimum Gasteiger partial charge on any atom is -0.261 e. The minimum atomic E-state index is 0.814. The quantitative estimate of drug-likeness (QED) is 0.700. The summed E-state index contributed by atoms with van der Waals surface area (Å²) in [5.41, 5.74) is 0.814. The van der Waals surface area contributed by atoms with E-state index in [4.69, 9.17) is 0 Å². The zero-order valence-electron chi connectivity index (χ0n) is 5.00. The molecule has 2 rings (SSSR count). The number of fused-ring (bicyclic) bond motifs is 1. The molecule has 4 heteroatoms. The largest absolute Gasteiger partial charge is 0.261 e. The van der Waals surface area contributed by atoms with Gasteiger partial charge in [-0.1, -0.05) is 0 Å². The van der Waals surface area contributed by atoms with Crippen molar-refractivity contribution in [2.75, 3.05) is 0 Å². The van der Waals surface area contributed by atoms with Gasteiger partial charge in [0.25, 0.3) is 0 Å². The second-order valence-corrected chi connectivity index (χ2v) is 2.78. The summed E-state index contributed by atoms with van der Waals surface area (Å²) in [7, 11) is 0.